The summed E-state index contributed by atoms with van der Waals surface area (Å²) in [5, 5.41) is 3.12. The summed E-state index contributed by atoms with van der Waals surface area (Å²) in [4.78, 5) is 12.3. The second-order valence-electron chi connectivity index (χ2n) is 7.23. The van der Waals surface area contributed by atoms with Crippen LogP contribution in [0.5, 0.6) is 0 Å². The Hall–Kier alpha value is -2.09. The van der Waals surface area contributed by atoms with Crippen LogP contribution in [-0.2, 0) is 0 Å². The van der Waals surface area contributed by atoms with Crippen LogP contribution in [0.3, 0.4) is 0 Å². The zero-order valence-electron chi connectivity index (χ0n) is 14.0. The number of amides is 1. The second-order valence-corrected chi connectivity index (χ2v) is 7.23. The molecule has 1 N–H and O–H groups in total. The lowest BCUT2D eigenvalue weighted by Gasteiger charge is -2.27. The van der Waals surface area contributed by atoms with Gasteiger partial charge in [-0.05, 0) is 47.4 Å². The SMILES string of the molecule is CC1(C)CCCC1CNC(=O)c1ccc(-c2ccccc2)cc1. The van der Waals surface area contributed by atoms with E-state index >= 15 is 0 Å². The molecule has 1 aliphatic rings. The van der Waals surface area contributed by atoms with E-state index in [-0.39, 0.29) is 5.91 Å². The molecule has 0 radical (unpaired) electrons. The van der Waals surface area contributed by atoms with Crippen LogP contribution in [0.1, 0.15) is 43.5 Å². The summed E-state index contributed by atoms with van der Waals surface area (Å²) >= 11 is 0. The van der Waals surface area contributed by atoms with E-state index in [0.29, 0.717) is 11.3 Å². The van der Waals surface area contributed by atoms with Gasteiger partial charge in [-0.2, -0.15) is 0 Å². The minimum Gasteiger partial charge on any atom is -0.352 e. The van der Waals surface area contributed by atoms with E-state index < -0.39 is 0 Å². The number of hydrogen-bond acceptors (Lipinski definition) is 1. The van der Waals surface area contributed by atoms with E-state index in [2.05, 4.69) is 31.3 Å². The summed E-state index contributed by atoms with van der Waals surface area (Å²) in [5.41, 5.74) is 3.40. The maximum Gasteiger partial charge on any atom is 0.251 e. The van der Waals surface area contributed by atoms with Crippen molar-refractivity contribution in [1.82, 2.24) is 5.32 Å². The van der Waals surface area contributed by atoms with Crippen LogP contribution < -0.4 is 5.32 Å². The van der Waals surface area contributed by atoms with Gasteiger partial charge in [-0.1, -0.05) is 62.7 Å². The summed E-state index contributed by atoms with van der Waals surface area (Å²) in [6, 6.07) is 18.1. The van der Waals surface area contributed by atoms with Gasteiger partial charge in [0, 0.05) is 12.1 Å². The minimum absolute atomic E-state index is 0.0345. The molecule has 3 rings (SSSR count). The van der Waals surface area contributed by atoms with Gasteiger partial charge in [-0.25, -0.2) is 0 Å². The molecule has 23 heavy (non-hydrogen) atoms. The molecule has 0 saturated heterocycles. The summed E-state index contributed by atoms with van der Waals surface area (Å²) in [6.07, 6.45) is 3.76. The predicted molar refractivity (Wildman–Crippen MR) is 95.3 cm³/mol. The Balaban J connectivity index is 1.62. The number of nitrogens with one attached hydrogen (secondary N) is 1. The normalized spacial score (nSPS) is 19.5. The highest BCUT2D eigenvalue weighted by atomic mass is 16.1. The molecule has 1 atom stereocenters. The topological polar surface area (TPSA) is 29.1 Å². The van der Waals surface area contributed by atoms with Gasteiger partial charge in [0.2, 0.25) is 0 Å². The van der Waals surface area contributed by atoms with Gasteiger partial charge < -0.3 is 5.32 Å². The maximum atomic E-state index is 12.3. The first-order chi connectivity index (χ1) is 11.1. The molecule has 0 aliphatic heterocycles. The summed E-state index contributed by atoms with van der Waals surface area (Å²) in [7, 11) is 0. The average molecular weight is 307 g/mol. The van der Waals surface area contributed by atoms with Crippen LogP contribution >= 0.6 is 0 Å². The van der Waals surface area contributed by atoms with Crippen LogP contribution in [0.15, 0.2) is 54.6 Å². The maximum absolute atomic E-state index is 12.3. The van der Waals surface area contributed by atoms with Crippen molar-refractivity contribution < 1.29 is 4.79 Å². The zero-order chi connectivity index (χ0) is 16.3. The summed E-state index contributed by atoms with van der Waals surface area (Å²) in [5.74, 6) is 0.627. The first-order valence-electron chi connectivity index (χ1n) is 8.50. The van der Waals surface area contributed by atoms with E-state index in [1.54, 1.807) is 0 Å². The molecule has 1 saturated carbocycles. The molecule has 1 amide bonds. The predicted octanol–water partition coefficient (Wildman–Crippen LogP) is 4.91. The van der Waals surface area contributed by atoms with Crippen LogP contribution in [0.4, 0.5) is 0 Å². The van der Waals surface area contributed by atoms with Crippen molar-refractivity contribution >= 4 is 5.91 Å². The third-order valence-corrected chi connectivity index (χ3v) is 5.24. The van der Waals surface area contributed by atoms with Crippen molar-refractivity contribution in [3.8, 4) is 11.1 Å². The van der Waals surface area contributed by atoms with Gasteiger partial charge in [-0.15, -0.1) is 0 Å². The molecule has 0 bridgehead atoms. The number of benzene rings is 2. The number of hydrogen-bond donors (Lipinski definition) is 1. The van der Waals surface area contributed by atoms with Gasteiger partial charge in [0.1, 0.15) is 0 Å². The van der Waals surface area contributed by atoms with Crippen molar-refractivity contribution in [3.05, 3.63) is 60.2 Å². The van der Waals surface area contributed by atoms with E-state index in [1.807, 2.05) is 42.5 Å². The van der Waals surface area contributed by atoms with Crippen LogP contribution in [0.2, 0.25) is 0 Å². The quantitative estimate of drug-likeness (QED) is 0.854. The highest BCUT2D eigenvalue weighted by Gasteiger charge is 2.34. The van der Waals surface area contributed by atoms with Crippen molar-refractivity contribution in [2.45, 2.75) is 33.1 Å². The van der Waals surface area contributed by atoms with Crippen LogP contribution in [0.25, 0.3) is 11.1 Å². The van der Waals surface area contributed by atoms with E-state index in [1.165, 1.54) is 24.8 Å². The van der Waals surface area contributed by atoms with Crippen LogP contribution in [-0.4, -0.2) is 12.5 Å². The van der Waals surface area contributed by atoms with Crippen molar-refractivity contribution in [3.63, 3.8) is 0 Å². The lowest BCUT2D eigenvalue weighted by molar-refractivity contribution is 0.0937. The first-order valence-corrected chi connectivity index (χ1v) is 8.50. The number of rotatable bonds is 4. The standard InChI is InChI=1S/C21H25NO/c1-21(2)14-6-9-19(21)15-22-20(23)18-12-10-17(11-13-18)16-7-4-3-5-8-16/h3-5,7-8,10-13,19H,6,9,14-15H2,1-2H3,(H,22,23). The molecule has 1 fully saturated rings. The minimum atomic E-state index is 0.0345. The lowest BCUT2D eigenvalue weighted by atomic mass is 9.82. The molecule has 1 aliphatic carbocycles. The van der Waals surface area contributed by atoms with E-state index in [9.17, 15) is 4.79 Å². The van der Waals surface area contributed by atoms with Gasteiger partial charge in [-0.3, -0.25) is 4.79 Å². The Morgan fingerprint density at radius 2 is 1.70 bits per heavy atom. The van der Waals surface area contributed by atoms with Gasteiger partial charge in [0.05, 0.1) is 0 Å². The fourth-order valence-corrected chi connectivity index (χ4v) is 3.54. The molecule has 2 nitrogen and oxygen atoms in total. The fourth-order valence-electron chi connectivity index (χ4n) is 3.54. The van der Waals surface area contributed by atoms with Crippen molar-refractivity contribution in [2.24, 2.45) is 11.3 Å². The molecule has 2 aromatic rings. The van der Waals surface area contributed by atoms with Crippen molar-refractivity contribution in [2.75, 3.05) is 6.54 Å². The van der Waals surface area contributed by atoms with E-state index in [4.69, 9.17) is 0 Å². The third kappa shape index (κ3) is 3.64. The average Bonchev–Trinajstić information content (AvgIpc) is 2.92. The smallest absolute Gasteiger partial charge is 0.251 e. The molecule has 2 aromatic carbocycles. The molecule has 120 valence electrons. The fraction of sp³-hybridized carbons (Fsp3) is 0.381. The molecular formula is C21H25NO. The molecule has 0 heterocycles. The number of carbonyl (C=O) groups is 1. The lowest BCUT2D eigenvalue weighted by Crippen LogP contribution is -2.33. The van der Waals surface area contributed by atoms with Gasteiger partial charge >= 0.3 is 0 Å². The molecule has 1 unspecified atom stereocenters. The van der Waals surface area contributed by atoms with E-state index in [0.717, 1.165) is 17.7 Å². The highest BCUT2D eigenvalue weighted by molar-refractivity contribution is 5.94. The molecule has 2 heteroatoms. The summed E-state index contributed by atoms with van der Waals surface area (Å²) < 4.78 is 0. The zero-order valence-corrected chi connectivity index (χ0v) is 14.0. The largest absolute Gasteiger partial charge is 0.352 e. The van der Waals surface area contributed by atoms with Gasteiger partial charge in [0.15, 0.2) is 0 Å². The second kappa shape index (κ2) is 6.57. The Morgan fingerprint density at radius 3 is 2.30 bits per heavy atom. The monoisotopic (exact) mass is 307 g/mol. The molecular weight excluding hydrogens is 282 g/mol. The summed E-state index contributed by atoms with van der Waals surface area (Å²) in [6.45, 7) is 5.41. The van der Waals surface area contributed by atoms with Crippen molar-refractivity contribution in [1.29, 1.82) is 0 Å². The molecule has 0 spiro atoms. The van der Waals surface area contributed by atoms with Gasteiger partial charge in [0.25, 0.3) is 5.91 Å². The molecule has 0 aromatic heterocycles. The Bertz CT molecular complexity index is 658. The first kappa shape index (κ1) is 15.8. The Kier molecular flexibility index (Phi) is 4.51. The third-order valence-electron chi connectivity index (χ3n) is 5.24. The van der Waals surface area contributed by atoms with Crippen LogP contribution in [0, 0.1) is 11.3 Å². The highest BCUT2D eigenvalue weighted by Crippen LogP contribution is 2.42. The number of carbonyl (C=O) groups excluding carboxylic acids is 1. The Morgan fingerprint density at radius 1 is 1.04 bits per heavy atom. The Labute approximate surface area is 138 Å².